The van der Waals surface area contributed by atoms with Gasteiger partial charge in [0.2, 0.25) is 10.0 Å². The van der Waals surface area contributed by atoms with Gasteiger partial charge in [0.1, 0.15) is 0 Å². The Morgan fingerprint density at radius 2 is 1.65 bits per heavy atom. The van der Waals surface area contributed by atoms with Crippen molar-refractivity contribution in [3.05, 3.63) is 108 Å². The van der Waals surface area contributed by atoms with Crippen molar-refractivity contribution in [1.29, 1.82) is 0 Å². The van der Waals surface area contributed by atoms with Crippen LogP contribution >= 0.6 is 11.3 Å². The molecule has 0 unspecified atom stereocenters. The van der Waals surface area contributed by atoms with Gasteiger partial charge in [-0.15, -0.1) is 13.2 Å². The number of rotatable bonds is 10. The lowest BCUT2D eigenvalue weighted by Gasteiger charge is -2.21. The molecule has 0 aliphatic heterocycles. The second-order valence-corrected chi connectivity index (χ2v) is 11.4. The molecule has 4 aromatic rings. The topological polar surface area (TPSA) is 83.5 Å². The van der Waals surface area contributed by atoms with Gasteiger partial charge in [-0.05, 0) is 61.4 Å². The van der Waals surface area contributed by atoms with Gasteiger partial charge in [0.05, 0.1) is 27.4 Å². The van der Waals surface area contributed by atoms with Crippen LogP contribution in [0.1, 0.15) is 27.2 Å². The molecule has 2 aromatic heterocycles. The minimum absolute atomic E-state index is 0.0928. The molecular weight excluding hydrogens is 504 g/mol. The lowest BCUT2D eigenvalue weighted by molar-refractivity contribution is 0.0984. The lowest BCUT2D eigenvalue weighted by atomic mass is 10.1. The molecule has 37 heavy (non-hydrogen) atoms. The molecule has 0 saturated carbocycles. The number of hydrogen-bond acceptors (Lipinski definition) is 6. The maximum atomic E-state index is 13.8. The first-order valence-electron chi connectivity index (χ1n) is 11.7. The van der Waals surface area contributed by atoms with Crippen LogP contribution in [0.2, 0.25) is 0 Å². The van der Waals surface area contributed by atoms with E-state index in [2.05, 4.69) is 18.1 Å². The number of sulfonamides is 1. The zero-order valence-corrected chi connectivity index (χ0v) is 22.4. The standard InChI is InChI=1S/C28H28N4O3S2/c1-5-17-31(18-6-2)37(34,35)24-14-12-22(13-15-24)27(33)32(19-23-9-7-8-16-29-23)28-30-25-20(3)10-11-21(4)26(25)36-28/h5-16H,1-2,17-19H2,3-4H3. The van der Waals surface area contributed by atoms with Crippen molar-refractivity contribution in [1.82, 2.24) is 14.3 Å². The highest BCUT2D eigenvalue weighted by Crippen LogP contribution is 2.34. The van der Waals surface area contributed by atoms with Gasteiger partial charge in [-0.25, -0.2) is 13.4 Å². The number of carbonyl (C=O) groups is 1. The summed E-state index contributed by atoms with van der Waals surface area (Å²) in [6.45, 7) is 11.8. The quantitative estimate of drug-likeness (QED) is 0.251. The molecule has 2 aromatic carbocycles. The summed E-state index contributed by atoms with van der Waals surface area (Å²) >= 11 is 1.46. The van der Waals surface area contributed by atoms with Crippen molar-refractivity contribution in [2.24, 2.45) is 0 Å². The van der Waals surface area contributed by atoms with Crippen molar-refractivity contribution in [2.75, 3.05) is 18.0 Å². The Balaban J connectivity index is 1.72. The van der Waals surface area contributed by atoms with Gasteiger partial charge in [0.15, 0.2) is 5.13 Å². The maximum Gasteiger partial charge on any atom is 0.260 e. The maximum absolute atomic E-state index is 13.8. The summed E-state index contributed by atoms with van der Waals surface area (Å²) in [6, 6.07) is 15.6. The van der Waals surface area contributed by atoms with Gasteiger partial charge in [0, 0.05) is 24.8 Å². The number of anilines is 1. The van der Waals surface area contributed by atoms with Crippen LogP contribution in [0.5, 0.6) is 0 Å². The van der Waals surface area contributed by atoms with Crippen molar-refractivity contribution < 1.29 is 13.2 Å². The fraction of sp³-hybridized carbons (Fsp3) is 0.179. The van der Waals surface area contributed by atoms with E-state index in [1.165, 1.54) is 52.1 Å². The predicted molar refractivity (Wildman–Crippen MR) is 149 cm³/mol. The Hall–Kier alpha value is -3.66. The smallest absolute Gasteiger partial charge is 0.260 e. The third-order valence-corrected chi connectivity index (χ3v) is 8.92. The monoisotopic (exact) mass is 532 g/mol. The Morgan fingerprint density at radius 3 is 2.24 bits per heavy atom. The van der Waals surface area contributed by atoms with Gasteiger partial charge in [-0.3, -0.25) is 14.7 Å². The van der Waals surface area contributed by atoms with E-state index in [9.17, 15) is 13.2 Å². The number of pyridine rings is 1. The van der Waals surface area contributed by atoms with Gasteiger partial charge >= 0.3 is 0 Å². The first kappa shape index (κ1) is 26.4. The number of aryl methyl sites for hydroxylation is 2. The first-order chi connectivity index (χ1) is 17.8. The van der Waals surface area contributed by atoms with E-state index in [0.29, 0.717) is 16.4 Å². The molecule has 4 rings (SSSR count). The van der Waals surface area contributed by atoms with Crippen LogP contribution in [-0.2, 0) is 16.6 Å². The molecule has 1 amide bonds. The van der Waals surface area contributed by atoms with E-state index in [4.69, 9.17) is 4.98 Å². The van der Waals surface area contributed by atoms with Crippen LogP contribution in [0.3, 0.4) is 0 Å². The number of aromatic nitrogens is 2. The zero-order valence-electron chi connectivity index (χ0n) is 20.8. The summed E-state index contributed by atoms with van der Waals surface area (Å²) in [5.41, 5.74) is 4.05. The molecule has 0 fully saturated rings. The summed E-state index contributed by atoms with van der Waals surface area (Å²) in [4.78, 5) is 24.7. The summed E-state index contributed by atoms with van der Waals surface area (Å²) in [6.07, 6.45) is 4.73. The molecule has 2 heterocycles. The van der Waals surface area contributed by atoms with Crippen LogP contribution in [0.25, 0.3) is 10.2 Å². The molecule has 190 valence electrons. The average molecular weight is 533 g/mol. The molecule has 0 spiro atoms. The highest BCUT2D eigenvalue weighted by molar-refractivity contribution is 7.89. The Labute approximate surface area is 221 Å². The van der Waals surface area contributed by atoms with E-state index < -0.39 is 10.0 Å². The van der Waals surface area contributed by atoms with Crippen LogP contribution in [-0.4, -0.2) is 41.7 Å². The fourth-order valence-corrected chi connectivity index (χ4v) is 6.37. The predicted octanol–water partition coefficient (Wildman–Crippen LogP) is 5.52. The highest BCUT2D eigenvalue weighted by Gasteiger charge is 2.26. The molecule has 0 N–H and O–H groups in total. The number of amides is 1. The van der Waals surface area contributed by atoms with Crippen LogP contribution in [0.15, 0.2) is 91.0 Å². The molecule has 9 heteroatoms. The molecule has 0 aliphatic rings. The third-order valence-electron chi connectivity index (χ3n) is 5.86. The summed E-state index contributed by atoms with van der Waals surface area (Å²) in [5, 5.41) is 0.558. The minimum Gasteiger partial charge on any atom is -0.278 e. The normalized spacial score (nSPS) is 11.5. The highest BCUT2D eigenvalue weighted by atomic mass is 32.2. The number of fused-ring (bicyclic) bond motifs is 1. The summed E-state index contributed by atoms with van der Waals surface area (Å²) in [7, 11) is -3.77. The summed E-state index contributed by atoms with van der Waals surface area (Å²) in [5.74, 6) is -0.294. The van der Waals surface area contributed by atoms with Crippen LogP contribution in [0.4, 0.5) is 5.13 Å². The van der Waals surface area contributed by atoms with Crippen molar-refractivity contribution >= 4 is 42.6 Å². The number of carbonyl (C=O) groups excluding carboxylic acids is 1. The Morgan fingerprint density at radius 1 is 0.973 bits per heavy atom. The SMILES string of the molecule is C=CCN(CC=C)S(=O)(=O)c1ccc(C(=O)N(Cc2ccccn2)c2nc3c(C)ccc(C)c3s2)cc1. The lowest BCUT2D eigenvalue weighted by Crippen LogP contribution is -2.32. The van der Waals surface area contributed by atoms with Crippen LogP contribution < -0.4 is 4.90 Å². The van der Waals surface area contributed by atoms with Crippen molar-refractivity contribution in [3.63, 3.8) is 0 Å². The molecule has 7 nitrogen and oxygen atoms in total. The van der Waals surface area contributed by atoms with E-state index >= 15 is 0 Å². The first-order valence-corrected chi connectivity index (χ1v) is 13.9. The number of benzene rings is 2. The molecule has 0 atom stereocenters. The van der Waals surface area contributed by atoms with E-state index in [1.807, 2.05) is 44.2 Å². The van der Waals surface area contributed by atoms with Gasteiger partial charge in [-0.2, -0.15) is 4.31 Å². The number of thiazole rings is 1. The minimum atomic E-state index is -3.77. The average Bonchev–Trinajstić information content (AvgIpc) is 3.36. The number of nitrogens with zero attached hydrogens (tertiary/aromatic N) is 4. The zero-order chi connectivity index (χ0) is 26.6. The third kappa shape index (κ3) is 5.53. The fourth-order valence-electron chi connectivity index (χ4n) is 3.88. The molecule has 0 aliphatic carbocycles. The van der Waals surface area contributed by atoms with Gasteiger partial charge in [0.25, 0.3) is 5.91 Å². The second-order valence-electron chi connectivity index (χ2n) is 8.51. The molecule has 0 radical (unpaired) electrons. The van der Waals surface area contributed by atoms with E-state index in [0.717, 1.165) is 21.3 Å². The van der Waals surface area contributed by atoms with E-state index in [1.54, 1.807) is 11.1 Å². The second kappa shape index (κ2) is 11.2. The number of hydrogen-bond donors (Lipinski definition) is 0. The Kier molecular flexibility index (Phi) is 7.97. The summed E-state index contributed by atoms with van der Waals surface area (Å²) < 4.78 is 28.4. The van der Waals surface area contributed by atoms with Gasteiger partial charge < -0.3 is 0 Å². The van der Waals surface area contributed by atoms with Crippen molar-refractivity contribution in [3.8, 4) is 0 Å². The Bertz CT molecular complexity index is 1500. The molecule has 0 saturated heterocycles. The van der Waals surface area contributed by atoms with Crippen LogP contribution in [0, 0.1) is 13.8 Å². The molecule has 0 bridgehead atoms. The largest absolute Gasteiger partial charge is 0.278 e. The molecular formula is C28H28N4O3S2. The van der Waals surface area contributed by atoms with Crippen molar-refractivity contribution in [2.45, 2.75) is 25.3 Å². The van der Waals surface area contributed by atoms with E-state index in [-0.39, 0.29) is 30.4 Å². The van der Waals surface area contributed by atoms with Gasteiger partial charge in [-0.1, -0.05) is 41.7 Å².